The fraction of sp³-hybridized carbons (Fsp3) is 0.250. The lowest BCUT2D eigenvalue weighted by molar-refractivity contribution is -0.131. The molecular weight excluding hydrogens is 426 g/mol. The Hall–Kier alpha value is -3.93. The predicted molar refractivity (Wildman–Crippen MR) is 134 cm³/mol. The van der Waals surface area contributed by atoms with Crippen molar-refractivity contribution >= 4 is 16.8 Å². The maximum Gasteiger partial charge on any atom is 0.266 e. The lowest BCUT2D eigenvalue weighted by Crippen LogP contribution is -2.35. The van der Waals surface area contributed by atoms with Gasteiger partial charge in [0.2, 0.25) is 5.91 Å². The van der Waals surface area contributed by atoms with Crippen LogP contribution < -0.4 is 10.3 Å². The first-order valence-corrected chi connectivity index (χ1v) is 11.5. The Bertz CT molecular complexity index is 1350. The molecule has 174 valence electrons. The molecule has 0 aliphatic carbocycles. The predicted octanol–water partition coefficient (Wildman–Crippen LogP) is 4.94. The van der Waals surface area contributed by atoms with E-state index >= 15 is 0 Å². The van der Waals surface area contributed by atoms with Gasteiger partial charge >= 0.3 is 0 Å². The van der Waals surface area contributed by atoms with Crippen molar-refractivity contribution in [2.45, 2.75) is 32.7 Å². The lowest BCUT2D eigenvalue weighted by Gasteiger charge is -2.27. The van der Waals surface area contributed by atoms with Gasteiger partial charge in [-0.3, -0.25) is 14.2 Å². The van der Waals surface area contributed by atoms with E-state index in [0.717, 1.165) is 5.56 Å². The molecule has 0 bridgehead atoms. The molecule has 1 amide bonds. The zero-order valence-corrected chi connectivity index (χ0v) is 19.8. The van der Waals surface area contributed by atoms with Crippen LogP contribution in [0.25, 0.3) is 16.6 Å². The van der Waals surface area contributed by atoms with Crippen LogP contribution in [0.15, 0.2) is 83.7 Å². The number of hydrogen-bond acceptors (Lipinski definition) is 4. The van der Waals surface area contributed by atoms with Gasteiger partial charge in [0.1, 0.15) is 11.6 Å². The smallest absolute Gasteiger partial charge is 0.266 e. The van der Waals surface area contributed by atoms with Crippen molar-refractivity contribution in [1.29, 1.82) is 0 Å². The van der Waals surface area contributed by atoms with E-state index < -0.39 is 6.04 Å². The summed E-state index contributed by atoms with van der Waals surface area (Å²) in [4.78, 5) is 33.3. The maximum absolute atomic E-state index is 13.7. The van der Waals surface area contributed by atoms with Crippen LogP contribution in [-0.2, 0) is 11.2 Å². The summed E-state index contributed by atoms with van der Waals surface area (Å²) in [6.45, 7) is 4.27. The molecule has 0 saturated heterocycles. The van der Waals surface area contributed by atoms with Gasteiger partial charge < -0.3 is 9.64 Å². The Morgan fingerprint density at radius 2 is 1.68 bits per heavy atom. The Morgan fingerprint density at radius 1 is 1.00 bits per heavy atom. The monoisotopic (exact) mass is 455 g/mol. The van der Waals surface area contributed by atoms with Crippen molar-refractivity contribution in [3.63, 3.8) is 0 Å². The Labute approximate surface area is 199 Å². The fourth-order valence-electron chi connectivity index (χ4n) is 4.04. The molecule has 0 spiro atoms. The molecule has 6 nitrogen and oxygen atoms in total. The van der Waals surface area contributed by atoms with Gasteiger partial charge in [0.05, 0.1) is 29.2 Å². The molecule has 34 heavy (non-hydrogen) atoms. The zero-order valence-electron chi connectivity index (χ0n) is 19.8. The van der Waals surface area contributed by atoms with Crippen molar-refractivity contribution in [1.82, 2.24) is 14.5 Å². The summed E-state index contributed by atoms with van der Waals surface area (Å²) >= 11 is 0. The van der Waals surface area contributed by atoms with E-state index in [9.17, 15) is 9.59 Å². The molecule has 1 heterocycles. The largest absolute Gasteiger partial charge is 0.492 e. The molecule has 0 saturated carbocycles. The Morgan fingerprint density at radius 3 is 2.44 bits per heavy atom. The van der Waals surface area contributed by atoms with E-state index in [1.807, 2.05) is 86.6 Å². The molecule has 0 aliphatic heterocycles. The lowest BCUT2D eigenvalue weighted by atomic mass is 10.1. The van der Waals surface area contributed by atoms with Gasteiger partial charge in [-0.25, -0.2) is 4.98 Å². The van der Waals surface area contributed by atoms with Crippen LogP contribution in [0.3, 0.4) is 0 Å². The van der Waals surface area contributed by atoms with E-state index in [1.165, 1.54) is 0 Å². The summed E-state index contributed by atoms with van der Waals surface area (Å²) in [6.07, 6.45) is 1.03. The molecule has 4 rings (SSSR count). The molecule has 1 aromatic heterocycles. The normalized spacial score (nSPS) is 11.9. The number of nitrogens with zero attached hydrogens (tertiary/aromatic N) is 3. The van der Waals surface area contributed by atoms with E-state index in [-0.39, 0.29) is 11.5 Å². The second-order valence-electron chi connectivity index (χ2n) is 8.19. The summed E-state index contributed by atoms with van der Waals surface area (Å²) < 4.78 is 7.40. The maximum atomic E-state index is 13.7. The van der Waals surface area contributed by atoms with Crippen LogP contribution >= 0.6 is 0 Å². The number of benzene rings is 3. The van der Waals surface area contributed by atoms with Gasteiger partial charge in [-0.15, -0.1) is 0 Å². The van der Waals surface area contributed by atoms with Crippen LogP contribution in [0.4, 0.5) is 0 Å². The number of carbonyl (C=O) groups is 1. The van der Waals surface area contributed by atoms with Gasteiger partial charge in [0, 0.05) is 13.5 Å². The minimum atomic E-state index is -0.435. The van der Waals surface area contributed by atoms with Crippen molar-refractivity contribution < 1.29 is 9.53 Å². The highest BCUT2D eigenvalue weighted by atomic mass is 16.5. The van der Waals surface area contributed by atoms with Gasteiger partial charge in [-0.2, -0.15) is 0 Å². The fourth-order valence-corrected chi connectivity index (χ4v) is 4.04. The van der Waals surface area contributed by atoms with Crippen LogP contribution in [0.2, 0.25) is 0 Å². The summed E-state index contributed by atoms with van der Waals surface area (Å²) in [5, 5.41) is 0.516. The molecule has 6 heteroatoms. The third-order valence-electron chi connectivity index (χ3n) is 6.03. The number of aryl methyl sites for hydroxylation is 1. The summed E-state index contributed by atoms with van der Waals surface area (Å²) in [5.74, 6) is 1.07. The van der Waals surface area contributed by atoms with Gasteiger partial charge in [-0.05, 0) is 50.1 Å². The highest BCUT2D eigenvalue weighted by Gasteiger charge is 2.25. The van der Waals surface area contributed by atoms with Crippen molar-refractivity contribution in [3.8, 4) is 11.4 Å². The van der Waals surface area contributed by atoms with Crippen molar-refractivity contribution in [2.75, 3.05) is 13.7 Å². The third kappa shape index (κ3) is 4.71. The minimum absolute atomic E-state index is 0.0107. The number of carbonyl (C=O) groups excluding carboxylic acids is 1. The third-order valence-corrected chi connectivity index (χ3v) is 6.03. The first kappa shape index (κ1) is 23.2. The molecule has 1 atom stereocenters. The van der Waals surface area contributed by atoms with E-state index in [1.54, 1.807) is 22.6 Å². The number of fused-ring (bicyclic) bond motifs is 1. The highest BCUT2D eigenvalue weighted by molar-refractivity contribution is 5.79. The molecule has 4 aromatic rings. The van der Waals surface area contributed by atoms with Crippen LogP contribution in [0, 0.1) is 0 Å². The average molecular weight is 456 g/mol. The Kier molecular flexibility index (Phi) is 7.07. The van der Waals surface area contributed by atoms with Crippen LogP contribution in [0.1, 0.15) is 37.7 Å². The molecule has 0 aliphatic rings. The summed E-state index contributed by atoms with van der Waals surface area (Å²) in [7, 11) is 1.76. The standard InChI is InChI=1S/C28H29N3O3/c1-4-34-25-17-11-10-16-24(25)31-27(29-23-15-9-8-14-22(23)28(31)33)20(2)30(3)26(32)19-18-21-12-6-5-7-13-21/h5-17,20H,4,18-19H2,1-3H3. The molecule has 0 fully saturated rings. The molecular formula is C28H29N3O3. The molecule has 1 unspecified atom stereocenters. The first-order valence-electron chi connectivity index (χ1n) is 11.5. The number of rotatable bonds is 8. The first-order chi connectivity index (χ1) is 16.5. The van der Waals surface area contributed by atoms with Gasteiger partial charge in [0.25, 0.3) is 5.56 Å². The zero-order chi connectivity index (χ0) is 24.1. The molecule has 3 aromatic carbocycles. The SMILES string of the molecule is CCOc1ccccc1-n1c(C(C)N(C)C(=O)CCc2ccccc2)nc2ccccc2c1=O. The minimum Gasteiger partial charge on any atom is -0.492 e. The number of amides is 1. The average Bonchev–Trinajstić information content (AvgIpc) is 2.87. The molecule has 0 radical (unpaired) electrons. The number of ether oxygens (including phenoxy) is 1. The highest BCUT2D eigenvalue weighted by Crippen LogP contribution is 2.27. The molecule has 0 N–H and O–H groups in total. The number of para-hydroxylation sites is 3. The van der Waals surface area contributed by atoms with E-state index in [4.69, 9.17) is 9.72 Å². The number of hydrogen-bond donors (Lipinski definition) is 0. The number of aromatic nitrogens is 2. The Balaban J connectivity index is 1.76. The van der Waals surface area contributed by atoms with Crippen LogP contribution in [0.5, 0.6) is 5.75 Å². The summed E-state index contributed by atoms with van der Waals surface area (Å²) in [5.41, 5.74) is 2.14. The summed E-state index contributed by atoms with van der Waals surface area (Å²) in [6, 6.07) is 24.2. The van der Waals surface area contributed by atoms with Gasteiger partial charge in [0.15, 0.2) is 0 Å². The van der Waals surface area contributed by atoms with Crippen molar-refractivity contribution in [2.24, 2.45) is 0 Å². The van der Waals surface area contributed by atoms with E-state index in [0.29, 0.717) is 47.6 Å². The second kappa shape index (κ2) is 10.3. The van der Waals surface area contributed by atoms with Crippen LogP contribution in [-0.4, -0.2) is 34.0 Å². The second-order valence-corrected chi connectivity index (χ2v) is 8.19. The quantitative estimate of drug-likeness (QED) is 0.378. The van der Waals surface area contributed by atoms with Gasteiger partial charge in [-0.1, -0.05) is 54.6 Å². The van der Waals surface area contributed by atoms with E-state index in [2.05, 4.69) is 0 Å². The van der Waals surface area contributed by atoms with Crippen molar-refractivity contribution in [3.05, 3.63) is 101 Å². The topological polar surface area (TPSA) is 64.4 Å².